The summed E-state index contributed by atoms with van der Waals surface area (Å²) >= 11 is 0. The van der Waals surface area contributed by atoms with Gasteiger partial charge in [0.25, 0.3) is 0 Å². The predicted molar refractivity (Wildman–Crippen MR) is 111 cm³/mol. The lowest BCUT2D eigenvalue weighted by atomic mass is 9.72. The third kappa shape index (κ3) is 2.51. The van der Waals surface area contributed by atoms with Crippen molar-refractivity contribution in [2.45, 2.75) is 25.7 Å². The third-order valence-electron chi connectivity index (χ3n) is 5.78. The molecule has 6 nitrogen and oxygen atoms in total. The highest BCUT2D eigenvalue weighted by atomic mass is 19.1. The third-order valence-corrected chi connectivity index (χ3v) is 5.78. The van der Waals surface area contributed by atoms with Gasteiger partial charge in [-0.25, -0.2) is 9.07 Å². The topological polar surface area (TPSA) is 67.2 Å². The SMILES string of the molecule is CC(C)CN1C(=O)[C@@]2(CC(=O)Nc3c2cnn3-c2cccc(F)c2)c2ccccc21. The molecule has 0 saturated carbocycles. The largest absolute Gasteiger partial charge is 0.311 e. The minimum absolute atomic E-state index is 0.0132. The van der Waals surface area contributed by atoms with E-state index in [1.807, 2.05) is 24.3 Å². The van der Waals surface area contributed by atoms with Gasteiger partial charge in [-0.2, -0.15) is 5.10 Å². The van der Waals surface area contributed by atoms with Gasteiger partial charge in [0.05, 0.1) is 11.9 Å². The maximum Gasteiger partial charge on any atom is 0.242 e. The van der Waals surface area contributed by atoms with Crippen LogP contribution in [0.1, 0.15) is 31.4 Å². The highest BCUT2D eigenvalue weighted by molar-refractivity contribution is 6.15. The second kappa shape index (κ2) is 6.52. The van der Waals surface area contributed by atoms with Crippen molar-refractivity contribution in [2.24, 2.45) is 5.92 Å². The van der Waals surface area contributed by atoms with Crippen molar-refractivity contribution in [2.75, 3.05) is 16.8 Å². The number of halogens is 1. The molecule has 3 aromatic rings. The van der Waals surface area contributed by atoms with Crippen LogP contribution < -0.4 is 10.2 Å². The molecule has 2 aromatic carbocycles. The van der Waals surface area contributed by atoms with Crippen LogP contribution in [0.25, 0.3) is 5.69 Å². The van der Waals surface area contributed by atoms with E-state index in [4.69, 9.17) is 0 Å². The first kappa shape index (κ1) is 18.5. The molecule has 5 rings (SSSR count). The summed E-state index contributed by atoms with van der Waals surface area (Å²) in [6.45, 7) is 4.68. The Bertz CT molecular complexity index is 1190. The summed E-state index contributed by atoms with van der Waals surface area (Å²) < 4.78 is 15.3. The lowest BCUT2D eigenvalue weighted by Gasteiger charge is -2.32. The number of anilines is 2. The van der Waals surface area contributed by atoms with Crippen LogP contribution in [-0.2, 0) is 15.0 Å². The first-order chi connectivity index (χ1) is 14.4. The number of carbonyl (C=O) groups is 2. The lowest BCUT2D eigenvalue weighted by molar-refractivity contribution is -0.126. The van der Waals surface area contributed by atoms with Crippen LogP contribution in [0.5, 0.6) is 0 Å². The Hall–Kier alpha value is -3.48. The fourth-order valence-electron chi connectivity index (χ4n) is 4.60. The summed E-state index contributed by atoms with van der Waals surface area (Å²) in [4.78, 5) is 28.4. The smallest absolute Gasteiger partial charge is 0.242 e. The minimum atomic E-state index is -1.13. The molecule has 2 aliphatic heterocycles. The molecule has 0 unspecified atom stereocenters. The molecule has 30 heavy (non-hydrogen) atoms. The van der Waals surface area contributed by atoms with Crippen molar-refractivity contribution in [3.8, 4) is 5.69 Å². The zero-order valence-corrected chi connectivity index (χ0v) is 16.7. The highest BCUT2D eigenvalue weighted by Crippen LogP contribution is 2.52. The van der Waals surface area contributed by atoms with E-state index in [9.17, 15) is 14.0 Å². The molecule has 0 radical (unpaired) electrons. The highest BCUT2D eigenvalue weighted by Gasteiger charge is 2.57. The normalized spacial score (nSPS) is 19.9. The maximum absolute atomic E-state index is 13.8. The molecule has 1 aromatic heterocycles. The van der Waals surface area contributed by atoms with E-state index in [1.54, 1.807) is 23.2 Å². The lowest BCUT2D eigenvalue weighted by Crippen LogP contribution is -2.47. The van der Waals surface area contributed by atoms with Crippen molar-refractivity contribution in [3.63, 3.8) is 0 Å². The molecule has 0 saturated heterocycles. The number of fused-ring (bicyclic) bond motifs is 4. The van der Waals surface area contributed by atoms with Gasteiger partial charge in [-0.1, -0.05) is 38.1 Å². The van der Waals surface area contributed by atoms with E-state index in [2.05, 4.69) is 24.3 Å². The Morgan fingerprint density at radius 3 is 2.70 bits per heavy atom. The van der Waals surface area contributed by atoms with Crippen molar-refractivity contribution in [1.82, 2.24) is 9.78 Å². The molecule has 1 spiro atoms. The van der Waals surface area contributed by atoms with Gasteiger partial charge < -0.3 is 10.2 Å². The van der Waals surface area contributed by atoms with Crippen LogP contribution in [0.3, 0.4) is 0 Å². The molecule has 3 heterocycles. The zero-order chi connectivity index (χ0) is 21.0. The molecule has 7 heteroatoms. The van der Waals surface area contributed by atoms with E-state index in [0.29, 0.717) is 23.6 Å². The van der Waals surface area contributed by atoms with Gasteiger partial charge >= 0.3 is 0 Å². The van der Waals surface area contributed by atoms with Crippen molar-refractivity contribution in [3.05, 3.63) is 71.7 Å². The van der Waals surface area contributed by atoms with Crippen LogP contribution >= 0.6 is 0 Å². The Labute approximate surface area is 173 Å². The van der Waals surface area contributed by atoms with E-state index >= 15 is 0 Å². The molecule has 152 valence electrons. The average Bonchev–Trinajstić information content (AvgIpc) is 3.23. The number of nitrogens with zero attached hydrogens (tertiary/aromatic N) is 3. The quantitative estimate of drug-likeness (QED) is 0.725. The molecule has 0 aliphatic carbocycles. The van der Waals surface area contributed by atoms with Gasteiger partial charge in [-0.15, -0.1) is 0 Å². The zero-order valence-electron chi connectivity index (χ0n) is 16.7. The minimum Gasteiger partial charge on any atom is -0.311 e. The Morgan fingerprint density at radius 2 is 1.93 bits per heavy atom. The first-order valence-corrected chi connectivity index (χ1v) is 9.97. The summed E-state index contributed by atoms with van der Waals surface area (Å²) in [6.07, 6.45) is 1.63. The van der Waals surface area contributed by atoms with E-state index < -0.39 is 11.2 Å². The number of nitrogens with one attached hydrogen (secondary N) is 1. The number of rotatable bonds is 3. The molecule has 0 bridgehead atoms. The second-order valence-corrected chi connectivity index (χ2v) is 8.26. The predicted octanol–water partition coefficient (Wildman–Crippen LogP) is 3.64. The van der Waals surface area contributed by atoms with Gasteiger partial charge in [-0.05, 0) is 35.7 Å². The molecular formula is C23H21FN4O2. The van der Waals surface area contributed by atoms with Gasteiger partial charge in [-0.3, -0.25) is 9.59 Å². The molecular weight excluding hydrogens is 383 g/mol. The van der Waals surface area contributed by atoms with Gasteiger partial charge in [0.2, 0.25) is 11.8 Å². The summed E-state index contributed by atoms with van der Waals surface area (Å²) in [5.74, 6) is -0.114. The maximum atomic E-state index is 13.8. The Kier molecular flexibility index (Phi) is 4.03. The number of para-hydroxylation sites is 1. The van der Waals surface area contributed by atoms with E-state index in [0.717, 1.165) is 11.3 Å². The molecule has 2 amide bonds. The van der Waals surface area contributed by atoms with Crippen LogP contribution in [0, 0.1) is 11.7 Å². The number of carbonyl (C=O) groups excluding carboxylic acids is 2. The molecule has 1 N–H and O–H groups in total. The monoisotopic (exact) mass is 404 g/mol. The summed E-state index contributed by atoms with van der Waals surface area (Å²) in [7, 11) is 0. The van der Waals surface area contributed by atoms with Crippen LogP contribution in [0.15, 0.2) is 54.7 Å². The van der Waals surface area contributed by atoms with Crippen molar-refractivity contribution >= 4 is 23.3 Å². The van der Waals surface area contributed by atoms with Crippen LogP contribution in [0.4, 0.5) is 15.9 Å². The second-order valence-electron chi connectivity index (χ2n) is 8.26. The Morgan fingerprint density at radius 1 is 1.13 bits per heavy atom. The standard InChI is InChI=1S/C23H21FN4O2/c1-14(2)13-27-19-9-4-3-8-17(19)23(22(27)30)11-20(29)26-21-18(23)12-25-28(21)16-7-5-6-15(24)10-16/h3-10,12,14H,11,13H2,1-2H3,(H,26,29)/t23-/m0/s1. The number of aromatic nitrogens is 2. The number of amides is 2. The summed E-state index contributed by atoms with van der Waals surface area (Å²) in [5, 5.41) is 7.27. The fraction of sp³-hybridized carbons (Fsp3) is 0.261. The van der Waals surface area contributed by atoms with Crippen molar-refractivity contribution < 1.29 is 14.0 Å². The van der Waals surface area contributed by atoms with Gasteiger partial charge in [0.1, 0.15) is 17.1 Å². The molecule has 2 aliphatic rings. The summed E-state index contributed by atoms with van der Waals surface area (Å²) in [5.41, 5.74) is 1.62. The number of hydrogen-bond acceptors (Lipinski definition) is 3. The fourth-order valence-corrected chi connectivity index (χ4v) is 4.60. The number of hydrogen-bond donors (Lipinski definition) is 1. The molecule has 0 fully saturated rings. The van der Waals surface area contributed by atoms with Gasteiger partial charge in [0, 0.05) is 24.2 Å². The summed E-state index contributed by atoms with van der Waals surface area (Å²) in [6, 6.07) is 13.6. The number of benzene rings is 2. The van der Waals surface area contributed by atoms with E-state index in [1.165, 1.54) is 16.8 Å². The average molecular weight is 404 g/mol. The van der Waals surface area contributed by atoms with Crippen molar-refractivity contribution in [1.29, 1.82) is 0 Å². The van der Waals surface area contributed by atoms with Crippen LogP contribution in [-0.4, -0.2) is 28.1 Å². The van der Waals surface area contributed by atoms with Gasteiger partial charge in [0.15, 0.2) is 0 Å². The first-order valence-electron chi connectivity index (χ1n) is 9.97. The Balaban J connectivity index is 1.74. The van der Waals surface area contributed by atoms with Crippen LogP contribution in [0.2, 0.25) is 0 Å². The van der Waals surface area contributed by atoms with E-state index in [-0.39, 0.29) is 24.2 Å². The molecule has 1 atom stereocenters.